The van der Waals surface area contributed by atoms with Crippen LogP contribution < -0.4 is 11.3 Å². The lowest BCUT2D eigenvalue weighted by atomic mass is 10.2. The molecule has 0 aliphatic heterocycles. The van der Waals surface area contributed by atoms with E-state index in [2.05, 4.69) is 4.98 Å². The van der Waals surface area contributed by atoms with E-state index in [0.717, 1.165) is 5.56 Å². The topological polar surface area (TPSA) is 104 Å². The van der Waals surface area contributed by atoms with E-state index in [1.165, 1.54) is 29.1 Å². The third-order valence-corrected chi connectivity index (χ3v) is 2.40. The number of anilines is 1. The van der Waals surface area contributed by atoms with Gasteiger partial charge in [0.25, 0.3) is 0 Å². The van der Waals surface area contributed by atoms with Gasteiger partial charge in [-0.3, -0.25) is 14.9 Å². The SMILES string of the molecule is Nc1ccc(Cn2cccc([N+](=O)[O-])c2=O)cn1. The zero-order chi connectivity index (χ0) is 13.1. The third kappa shape index (κ3) is 2.34. The van der Waals surface area contributed by atoms with Crippen LogP contribution in [0.1, 0.15) is 5.56 Å². The number of hydrogen-bond donors (Lipinski definition) is 1. The second kappa shape index (κ2) is 4.66. The van der Waals surface area contributed by atoms with Gasteiger partial charge in [0.15, 0.2) is 0 Å². The van der Waals surface area contributed by atoms with Crippen LogP contribution in [0.15, 0.2) is 41.5 Å². The number of nitrogens with two attached hydrogens (primary N) is 1. The summed E-state index contributed by atoms with van der Waals surface area (Å²) < 4.78 is 1.26. The molecule has 0 amide bonds. The van der Waals surface area contributed by atoms with Crippen LogP contribution in [-0.2, 0) is 6.54 Å². The second-order valence-corrected chi connectivity index (χ2v) is 3.67. The van der Waals surface area contributed by atoms with Crippen molar-refractivity contribution in [1.29, 1.82) is 0 Å². The van der Waals surface area contributed by atoms with Crippen LogP contribution in [0.2, 0.25) is 0 Å². The van der Waals surface area contributed by atoms with Crippen LogP contribution in [0.4, 0.5) is 11.5 Å². The van der Waals surface area contributed by atoms with Gasteiger partial charge in [-0.25, -0.2) is 4.98 Å². The van der Waals surface area contributed by atoms with Crippen LogP contribution in [0.25, 0.3) is 0 Å². The molecule has 2 aromatic rings. The average molecular weight is 246 g/mol. The van der Waals surface area contributed by atoms with Crippen molar-refractivity contribution >= 4 is 11.5 Å². The Morgan fingerprint density at radius 3 is 2.78 bits per heavy atom. The lowest BCUT2D eigenvalue weighted by Gasteiger charge is -2.05. The highest BCUT2D eigenvalue weighted by molar-refractivity contribution is 5.30. The predicted octanol–water partition coefficient (Wildman–Crippen LogP) is 0.782. The van der Waals surface area contributed by atoms with E-state index in [1.807, 2.05) is 0 Å². The summed E-state index contributed by atoms with van der Waals surface area (Å²) in [5.74, 6) is 0.380. The fourth-order valence-electron chi connectivity index (χ4n) is 1.51. The van der Waals surface area contributed by atoms with Crippen molar-refractivity contribution in [3.8, 4) is 0 Å². The Balaban J connectivity index is 2.35. The van der Waals surface area contributed by atoms with Gasteiger partial charge in [-0.15, -0.1) is 0 Å². The summed E-state index contributed by atoms with van der Waals surface area (Å²) in [4.78, 5) is 25.6. The van der Waals surface area contributed by atoms with Crippen LogP contribution >= 0.6 is 0 Å². The van der Waals surface area contributed by atoms with Crippen molar-refractivity contribution in [3.05, 3.63) is 62.7 Å². The molecule has 2 N–H and O–H groups in total. The van der Waals surface area contributed by atoms with E-state index in [9.17, 15) is 14.9 Å². The Bertz CT molecular complexity index is 633. The fourth-order valence-corrected chi connectivity index (χ4v) is 1.51. The lowest BCUT2D eigenvalue weighted by Crippen LogP contribution is -2.22. The number of nitrogen functional groups attached to an aromatic ring is 1. The minimum atomic E-state index is -0.694. The van der Waals surface area contributed by atoms with Gasteiger partial charge < -0.3 is 10.3 Å². The summed E-state index contributed by atoms with van der Waals surface area (Å²) in [7, 11) is 0. The van der Waals surface area contributed by atoms with Gasteiger partial charge in [0.2, 0.25) is 0 Å². The largest absolute Gasteiger partial charge is 0.384 e. The van der Waals surface area contributed by atoms with Crippen molar-refractivity contribution < 1.29 is 4.92 Å². The highest BCUT2D eigenvalue weighted by atomic mass is 16.6. The van der Waals surface area contributed by atoms with E-state index in [0.29, 0.717) is 5.82 Å². The molecule has 0 atom stereocenters. The first kappa shape index (κ1) is 11.8. The first-order valence-corrected chi connectivity index (χ1v) is 5.12. The summed E-state index contributed by atoms with van der Waals surface area (Å²) in [5.41, 5.74) is 5.10. The molecule has 0 aromatic carbocycles. The van der Waals surface area contributed by atoms with Crippen LogP contribution in [0.5, 0.6) is 0 Å². The summed E-state index contributed by atoms with van der Waals surface area (Å²) in [6, 6.07) is 5.97. The average Bonchev–Trinajstić information content (AvgIpc) is 2.34. The van der Waals surface area contributed by atoms with Gasteiger partial charge in [-0.2, -0.15) is 0 Å². The molecular weight excluding hydrogens is 236 g/mol. The van der Waals surface area contributed by atoms with E-state index >= 15 is 0 Å². The third-order valence-electron chi connectivity index (χ3n) is 2.40. The van der Waals surface area contributed by atoms with E-state index in [-0.39, 0.29) is 6.54 Å². The molecule has 0 fully saturated rings. The molecule has 2 rings (SSSR count). The minimum Gasteiger partial charge on any atom is -0.384 e. The molecule has 0 aliphatic rings. The van der Waals surface area contributed by atoms with Crippen molar-refractivity contribution in [3.63, 3.8) is 0 Å². The Labute approximate surface area is 102 Å². The second-order valence-electron chi connectivity index (χ2n) is 3.67. The van der Waals surface area contributed by atoms with Gasteiger partial charge in [0, 0.05) is 18.5 Å². The number of pyridine rings is 2. The van der Waals surface area contributed by atoms with Gasteiger partial charge in [0.1, 0.15) is 5.82 Å². The quantitative estimate of drug-likeness (QED) is 0.636. The van der Waals surface area contributed by atoms with Crippen LogP contribution in [0.3, 0.4) is 0 Å². The number of nitro groups is 1. The monoisotopic (exact) mass is 246 g/mol. The number of aromatic nitrogens is 2. The Hall–Kier alpha value is -2.70. The highest BCUT2D eigenvalue weighted by Gasteiger charge is 2.13. The molecule has 18 heavy (non-hydrogen) atoms. The van der Waals surface area contributed by atoms with Crippen molar-refractivity contribution in [1.82, 2.24) is 9.55 Å². The number of hydrogen-bond acceptors (Lipinski definition) is 5. The molecule has 0 saturated carbocycles. The summed E-state index contributed by atoms with van der Waals surface area (Å²) in [5, 5.41) is 10.6. The predicted molar refractivity (Wildman–Crippen MR) is 65.1 cm³/mol. The molecule has 92 valence electrons. The molecule has 7 nitrogen and oxygen atoms in total. The van der Waals surface area contributed by atoms with Crippen LogP contribution in [-0.4, -0.2) is 14.5 Å². The molecule has 0 unspecified atom stereocenters. The molecule has 2 heterocycles. The zero-order valence-electron chi connectivity index (χ0n) is 9.31. The molecule has 7 heteroatoms. The highest BCUT2D eigenvalue weighted by Crippen LogP contribution is 2.05. The van der Waals surface area contributed by atoms with E-state index < -0.39 is 16.2 Å². The number of rotatable bonds is 3. The maximum Gasteiger partial charge on any atom is 0.334 e. The maximum atomic E-state index is 11.8. The summed E-state index contributed by atoms with van der Waals surface area (Å²) in [6.07, 6.45) is 3.02. The Kier molecular flexibility index (Phi) is 3.05. The molecule has 0 aliphatic carbocycles. The van der Waals surface area contributed by atoms with Gasteiger partial charge in [0.05, 0.1) is 11.5 Å². The summed E-state index contributed by atoms with van der Waals surface area (Å²) >= 11 is 0. The zero-order valence-corrected chi connectivity index (χ0v) is 9.31. The minimum absolute atomic E-state index is 0.216. The van der Waals surface area contributed by atoms with Crippen molar-refractivity contribution in [2.75, 3.05) is 5.73 Å². The van der Waals surface area contributed by atoms with Crippen molar-refractivity contribution in [2.45, 2.75) is 6.54 Å². The van der Waals surface area contributed by atoms with E-state index in [4.69, 9.17) is 5.73 Å². The first-order chi connectivity index (χ1) is 8.58. The maximum absolute atomic E-state index is 11.8. The van der Waals surface area contributed by atoms with E-state index in [1.54, 1.807) is 12.1 Å². The van der Waals surface area contributed by atoms with Crippen molar-refractivity contribution in [2.24, 2.45) is 0 Å². The normalized spacial score (nSPS) is 10.2. The van der Waals surface area contributed by atoms with Gasteiger partial charge >= 0.3 is 11.2 Å². The molecule has 0 bridgehead atoms. The molecule has 0 radical (unpaired) electrons. The molecule has 0 spiro atoms. The van der Waals surface area contributed by atoms with Gasteiger partial charge in [-0.05, 0) is 17.7 Å². The Morgan fingerprint density at radius 2 is 2.17 bits per heavy atom. The lowest BCUT2D eigenvalue weighted by molar-refractivity contribution is -0.386. The molecule has 2 aromatic heterocycles. The summed E-state index contributed by atoms with van der Waals surface area (Å²) in [6.45, 7) is 0.216. The van der Waals surface area contributed by atoms with Gasteiger partial charge in [-0.1, -0.05) is 6.07 Å². The Morgan fingerprint density at radius 1 is 1.39 bits per heavy atom. The number of nitrogens with zero attached hydrogens (tertiary/aromatic N) is 3. The standard InChI is InChI=1S/C11H10N4O3/c12-10-4-3-8(6-13-10)7-14-5-1-2-9(11(14)16)15(17)18/h1-6H,7H2,(H2,12,13). The first-order valence-electron chi connectivity index (χ1n) is 5.12. The smallest absolute Gasteiger partial charge is 0.334 e. The fraction of sp³-hybridized carbons (Fsp3) is 0.0909. The van der Waals surface area contributed by atoms with Crippen LogP contribution in [0, 0.1) is 10.1 Å². The molecular formula is C11H10N4O3. The molecule has 0 saturated heterocycles.